The highest BCUT2D eigenvalue weighted by Gasteiger charge is 2.28. The Hall–Kier alpha value is -2.03. The first-order valence-corrected chi connectivity index (χ1v) is 9.23. The lowest BCUT2D eigenvalue weighted by atomic mass is 9.90. The van der Waals surface area contributed by atoms with Gasteiger partial charge in [-0.05, 0) is 42.8 Å². The van der Waals surface area contributed by atoms with Crippen LogP contribution >= 0.6 is 12.4 Å². The van der Waals surface area contributed by atoms with Crippen LogP contribution < -0.4 is 0 Å². The molecule has 0 aliphatic carbocycles. The number of phenolic OH excluding ortho intramolecular Hbond substituents is 1. The molecule has 1 atom stereocenters. The maximum Gasteiger partial charge on any atom is 0.128 e. The van der Waals surface area contributed by atoms with E-state index in [-0.39, 0.29) is 18.4 Å². The highest BCUT2D eigenvalue weighted by Crippen LogP contribution is 2.39. The van der Waals surface area contributed by atoms with Gasteiger partial charge in [0.1, 0.15) is 5.75 Å². The summed E-state index contributed by atoms with van der Waals surface area (Å²) in [4.78, 5) is 2.53. The van der Waals surface area contributed by atoms with Crippen LogP contribution in [0.3, 0.4) is 0 Å². The topological polar surface area (TPSA) is 23.5 Å². The third-order valence-corrected chi connectivity index (χ3v) is 5.53. The predicted octanol–water partition coefficient (Wildman–Crippen LogP) is 5.79. The Morgan fingerprint density at radius 3 is 2.27 bits per heavy atom. The highest BCUT2D eigenvalue weighted by molar-refractivity contribution is 5.89. The number of nitrogens with zero attached hydrogens (tertiary/aromatic N) is 1. The fourth-order valence-electron chi connectivity index (χ4n) is 4.00. The number of likely N-dealkylation sites (tertiary alicyclic amines) is 1. The summed E-state index contributed by atoms with van der Waals surface area (Å²) in [6.45, 7) is 4.49. The third-order valence-electron chi connectivity index (χ3n) is 5.53. The van der Waals surface area contributed by atoms with E-state index in [1.54, 1.807) is 0 Å². The van der Waals surface area contributed by atoms with Crippen LogP contribution in [0.25, 0.3) is 10.8 Å². The molecule has 1 fully saturated rings. The summed E-state index contributed by atoms with van der Waals surface area (Å²) in [7, 11) is 0. The van der Waals surface area contributed by atoms with Gasteiger partial charge in [0, 0.05) is 10.9 Å². The lowest BCUT2D eigenvalue weighted by Gasteiger charge is -2.37. The zero-order valence-corrected chi connectivity index (χ0v) is 16.0. The van der Waals surface area contributed by atoms with Crippen LogP contribution in [0, 0.1) is 5.92 Å². The molecule has 3 aromatic carbocycles. The van der Waals surface area contributed by atoms with E-state index in [0.29, 0.717) is 5.75 Å². The van der Waals surface area contributed by atoms with Crippen molar-refractivity contribution in [2.75, 3.05) is 13.1 Å². The van der Waals surface area contributed by atoms with E-state index in [9.17, 15) is 5.11 Å². The zero-order valence-electron chi connectivity index (χ0n) is 15.1. The quantitative estimate of drug-likeness (QED) is 0.633. The minimum Gasteiger partial charge on any atom is -0.507 e. The number of rotatable bonds is 3. The van der Waals surface area contributed by atoms with Crippen molar-refractivity contribution in [2.45, 2.75) is 25.8 Å². The van der Waals surface area contributed by atoms with Gasteiger partial charge in [-0.3, -0.25) is 4.90 Å². The Kier molecular flexibility index (Phi) is 5.85. The normalized spacial score (nSPS) is 17.0. The summed E-state index contributed by atoms with van der Waals surface area (Å²) >= 11 is 0. The van der Waals surface area contributed by atoms with Gasteiger partial charge in [-0.15, -0.1) is 12.4 Å². The molecule has 0 amide bonds. The fourth-order valence-corrected chi connectivity index (χ4v) is 4.00. The second kappa shape index (κ2) is 8.11. The maximum atomic E-state index is 11.0. The summed E-state index contributed by atoms with van der Waals surface area (Å²) in [5.74, 6) is 1.21. The standard InChI is InChI=1S/C23H25NO.ClH/c1-17-13-15-24(16-14-17)22(19-8-3-2-4-9-19)21-12-11-18-7-5-6-10-20(18)23(21)25;/h2-12,17,22,25H,13-16H2,1H3;1H. The molecule has 2 nitrogen and oxygen atoms in total. The second-order valence-electron chi connectivity index (χ2n) is 7.26. The average Bonchev–Trinajstić information content (AvgIpc) is 2.66. The molecule has 1 unspecified atom stereocenters. The highest BCUT2D eigenvalue weighted by atomic mass is 35.5. The predicted molar refractivity (Wildman–Crippen MR) is 111 cm³/mol. The van der Waals surface area contributed by atoms with E-state index < -0.39 is 0 Å². The van der Waals surface area contributed by atoms with Gasteiger partial charge in [0.2, 0.25) is 0 Å². The first-order chi connectivity index (χ1) is 12.2. The lowest BCUT2D eigenvalue weighted by Crippen LogP contribution is -2.36. The van der Waals surface area contributed by atoms with E-state index in [2.05, 4.69) is 60.4 Å². The number of benzene rings is 3. The van der Waals surface area contributed by atoms with Crippen LogP contribution in [-0.4, -0.2) is 23.1 Å². The van der Waals surface area contributed by atoms with Crippen LogP contribution in [0.4, 0.5) is 0 Å². The molecule has 4 rings (SSSR count). The van der Waals surface area contributed by atoms with Gasteiger partial charge in [0.25, 0.3) is 0 Å². The summed E-state index contributed by atoms with van der Waals surface area (Å²) < 4.78 is 0. The molecular weight excluding hydrogens is 342 g/mol. The molecule has 3 heteroatoms. The van der Waals surface area contributed by atoms with Crippen molar-refractivity contribution in [3.05, 3.63) is 77.9 Å². The molecule has 1 aliphatic heterocycles. The summed E-state index contributed by atoms with van der Waals surface area (Å²) in [6.07, 6.45) is 2.44. The Bertz CT molecular complexity index is 856. The number of phenols is 1. The van der Waals surface area contributed by atoms with Crippen molar-refractivity contribution in [3.63, 3.8) is 0 Å². The molecule has 1 saturated heterocycles. The van der Waals surface area contributed by atoms with Crippen molar-refractivity contribution in [1.29, 1.82) is 0 Å². The number of hydrogen-bond donors (Lipinski definition) is 1. The Morgan fingerprint density at radius 1 is 0.885 bits per heavy atom. The summed E-state index contributed by atoms with van der Waals surface area (Å²) in [6, 6.07) is 23.0. The molecule has 1 heterocycles. The van der Waals surface area contributed by atoms with E-state index >= 15 is 0 Å². The number of aromatic hydroxyl groups is 1. The van der Waals surface area contributed by atoms with Gasteiger partial charge in [0.05, 0.1) is 6.04 Å². The molecule has 0 aromatic heterocycles. The van der Waals surface area contributed by atoms with E-state index in [4.69, 9.17) is 0 Å². The lowest BCUT2D eigenvalue weighted by molar-refractivity contribution is 0.156. The molecule has 136 valence electrons. The molecule has 0 radical (unpaired) electrons. The van der Waals surface area contributed by atoms with Crippen LogP contribution in [0.5, 0.6) is 5.75 Å². The molecule has 1 aliphatic rings. The van der Waals surface area contributed by atoms with Crippen molar-refractivity contribution < 1.29 is 5.11 Å². The number of piperidine rings is 1. The number of hydrogen-bond acceptors (Lipinski definition) is 2. The first-order valence-electron chi connectivity index (χ1n) is 9.23. The monoisotopic (exact) mass is 367 g/mol. The van der Waals surface area contributed by atoms with Crippen molar-refractivity contribution in [3.8, 4) is 5.75 Å². The molecule has 3 aromatic rings. The minimum atomic E-state index is 0. The van der Waals surface area contributed by atoms with Crippen LogP contribution in [-0.2, 0) is 0 Å². The van der Waals surface area contributed by atoms with Crippen molar-refractivity contribution >= 4 is 23.2 Å². The van der Waals surface area contributed by atoms with E-state index in [0.717, 1.165) is 35.3 Å². The van der Waals surface area contributed by atoms with Gasteiger partial charge in [-0.1, -0.05) is 73.7 Å². The second-order valence-corrected chi connectivity index (χ2v) is 7.26. The van der Waals surface area contributed by atoms with Gasteiger partial charge in [-0.2, -0.15) is 0 Å². The molecule has 0 saturated carbocycles. The Balaban J connectivity index is 0.00000196. The zero-order chi connectivity index (χ0) is 17.2. The summed E-state index contributed by atoms with van der Waals surface area (Å²) in [5, 5.41) is 13.1. The molecule has 0 spiro atoms. The smallest absolute Gasteiger partial charge is 0.128 e. The Morgan fingerprint density at radius 2 is 1.54 bits per heavy atom. The molecule has 1 N–H and O–H groups in total. The molecule has 26 heavy (non-hydrogen) atoms. The maximum absolute atomic E-state index is 11.0. The first kappa shape index (κ1) is 18.8. The van der Waals surface area contributed by atoms with Gasteiger partial charge in [0.15, 0.2) is 0 Å². The Labute approximate surface area is 161 Å². The van der Waals surface area contributed by atoms with E-state index in [1.807, 2.05) is 18.2 Å². The SMILES string of the molecule is CC1CCN(C(c2ccccc2)c2ccc3ccccc3c2O)CC1.Cl. The number of halogens is 1. The molecule has 0 bridgehead atoms. The summed E-state index contributed by atoms with van der Waals surface area (Å²) in [5.41, 5.74) is 2.27. The van der Waals surface area contributed by atoms with E-state index in [1.165, 1.54) is 18.4 Å². The van der Waals surface area contributed by atoms with Crippen LogP contribution in [0.2, 0.25) is 0 Å². The van der Waals surface area contributed by atoms with Gasteiger partial charge in [-0.25, -0.2) is 0 Å². The largest absolute Gasteiger partial charge is 0.507 e. The third kappa shape index (κ3) is 3.58. The number of fused-ring (bicyclic) bond motifs is 1. The van der Waals surface area contributed by atoms with Crippen LogP contribution in [0.1, 0.15) is 36.9 Å². The van der Waals surface area contributed by atoms with Gasteiger partial charge >= 0.3 is 0 Å². The van der Waals surface area contributed by atoms with Crippen molar-refractivity contribution in [2.24, 2.45) is 5.92 Å². The average molecular weight is 368 g/mol. The fraction of sp³-hybridized carbons (Fsp3) is 0.304. The van der Waals surface area contributed by atoms with Gasteiger partial charge < -0.3 is 5.11 Å². The molecular formula is C23H26ClNO. The minimum absolute atomic E-state index is 0. The van der Waals surface area contributed by atoms with Crippen LogP contribution in [0.15, 0.2) is 66.7 Å². The van der Waals surface area contributed by atoms with Crippen molar-refractivity contribution in [1.82, 2.24) is 4.90 Å².